The molecule has 1 fully saturated rings. The van der Waals surface area contributed by atoms with Crippen LogP contribution in [0.1, 0.15) is 59.9 Å². The molecule has 4 rings (SSSR count). The standard InChI is InChI=1S/C23H27N3O/c1-13(2)21-18-12-16(23(27)20-6-5-9-24-20)7-8-19(18)26-22(21)17-10-14(3)25-15(4)11-17/h7-8,10-13,20,24,26H,5-6,9H2,1-4H3. The molecule has 1 unspecified atom stereocenters. The van der Waals surface area contributed by atoms with Crippen LogP contribution in [0.15, 0.2) is 30.3 Å². The maximum atomic E-state index is 12.9. The fourth-order valence-electron chi connectivity index (χ4n) is 4.28. The summed E-state index contributed by atoms with van der Waals surface area (Å²) in [6.07, 6.45) is 2.01. The number of aromatic amines is 1. The number of aryl methyl sites for hydroxylation is 2. The Bertz CT molecular complexity index is 990. The SMILES string of the molecule is Cc1cc(-c2[nH]c3ccc(C(=O)C4CCCN4)cc3c2C(C)C)cc(C)n1. The van der Waals surface area contributed by atoms with Crippen LogP contribution in [0, 0.1) is 13.8 Å². The second kappa shape index (κ2) is 6.93. The van der Waals surface area contributed by atoms with E-state index in [-0.39, 0.29) is 11.8 Å². The van der Waals surface area contributed by atoms with E-state index in [9.17, 15) is 4.79 Å². The van der Waals surface area contributed by atoms with Gasteiger partial charge in [0.2, 0.25) is 0 Å². The van der Waals surface area contributed by atoms with E-state index in [0.717, 1.165) is 58.5 Å². The van der Waals surface area contributed by atoms with Crippen molar-refractivity contribution in [3.8, 4) is 11.3 Å². The van der Waals surface area contributed by atoms with E-state index in [1.165, 1.54) is 5.56 Å². The summed E-state index contributed by atoms with van der Waals surface area (Å²) in [7, 11) is 0. The van der Waals surface area contributed by atoms with Gasteiger partial charge in [-0.2, -0.15) is 0 Å². The largest absolute Gasteiger partial charge is 0.354 e. The van der Waals surface area contributed by atoms with Crippen LogP contribution in [0.5, 0.6) is 0 Å². The summed E-state index contributed by atoms with van der Waals surface area (Å²) in [5.41, 5.74) is 7.47. The van der Waals surface area contributed by atoms with Gasteiger partial charge in [0.1, 0.15) is 0 Å². The number of rotatable bonds is 4. The zero-order chi connectivity index (χ0) is 19.1. The molecule has 0 bridgehead atoms. The van der Waals surface area contributed by atoms with Gasteiger partial charge in [-0.1, -0.05) is 13.8 Å². The summed E-state index contributed by atoms with van der Waals surface area (Å²) in [5.74, 6) is 0.556. The molecule has 27 heavy (non-hydrogen) atoms. The number of H-pyrrole nitrogens is 1. The highest BCUT2D eigenvalue weighted by atomic mass is 16.1. The summed E-state index contributed by atoms with van der Waals surface area (Å²) < 4.78 is 0. The highest BCUT2D eigenvalue weighted by Crippen LogP contribution is 2.36. The first-order chi connectivity index (χ1) is 12.9. The van der Waals surface area contributed by atoms with Crippen LogP contribution < -0.4 is 5.32 Å². The van der Waals surface area contributed by atoms with Gasteiger partial charge in [-0.15, -0.1) is 0 Å². The van der Waals surface area contributed by atoms with Crippen molar-refractivity contribution >= 4 is 16.7 Å². The zero-order valence-electron chi connectivity index (χ0n) is 16.5. The Hall–Kier alpha value is -2.46. The Kier molecular flexibility index (Phi) is 4.60. The Morgan fingerprint density at radius 1 is 1.15 bits per heavy atom. The van der Waals surface area contributed by atoms with Gasteiger partial charge in [-0.25, -0.2) is 0 Å². The minimum atomic E-state index is -0.0335. The van der Waals surface area contributed by atoms with Gasteiger partial charge >= 0.3 is 0 Å². The van der Waals surface area contributed by atoms with Crippen LogP contribution in [-0.2, 0) is 0 Å². The zero-order valence-corrected chi connectivity index (χ0v) is 16.5. The van der Waals surface area contributed by atoms with E-state index in [0.29, 0.717) is 5.92 Å². The van der Waals surface area contributed by atoms with E-state index in [2.05, 4.69) is 47.3 Å². The van der Waals surface area contributed by atoms with Crippen molar-refractivity contribution in [3.63, 3.8) is 0 Å². The number of fused-ring (bicyclic) bond motifs is 1. The molecule has 1 aliphatic rings. The number of Topliss-reactive ketones (excluding diaryl/α,β-unsaturated/α-hetero) is 1. The summed E-state index contributed by atoms with van der Waals surface area (Å²) in [5, 5.41) is 4.47. The highest BCUT2D eigenvalue weighted by molar-refractivity contribution is 6.04. The number of carbonyl (C=O) groups excluding carboxylic acids is 1. The molecule has 0 saturated carbocycles. The van der Waals surface area contributed by atoms with Gasteiger partial charge in [0.25, 0.3) is 0 Å². The number of ketones is 1. The molecule has 0 amide bonds. The molecule has 1 aliphatic heterocycles. The highest BCUT2D eigenvalue weighted by Gasteiger charge is 2.24. The lowest BCUT2D eigenvalue weighted by Gasteiger charge is -2.11. The average Bonchev–Trinajstić information content (AvgIpc) is 3.27. The number of benzene rings is 1. The van der Waals surface area contributed by atoms with Crippen molar-refractivity contribution < 1.29 is 4.79 Å². The van der Waals surface area contributed by atoms with Crippen LogP contribution in [0.2, 0.25) is 0 Å². The van der Waals surface area contributed by atoms with Gasteiger partial charge in [0, 0.05) is 33.4 Å². The topological polar surface area (TPSA) is 57.8 Å². The summed E-state index contributed by atoms with van der Waals surface area (Å²) in [4.78, 5) is 21.0. The third kappa shape index (κ3) is 3.30. The van der Waals surface area contributed by atoms with Crippen LogP contribution in [0.3, 0.4) is 0 Å². The second-order valence-corrected chi connectivity index (χ2v) is 7.98. The second-order valence-electron chi connectivity index (χ2n) is 7.98. The first-order valence-corrected chi connectivity index (χ1v) is 9.83. The Labute approximate surface area is 160 Å². The molecule has 1 aromatic carbocycles. The van der Waals surface area contributed by atoms with E-state index in [4.69, 9.17) is 0 Å². The maximum absolute atomic E-state index is 12.9. The minimum Gasteiger partial charge on any atom is -0.354 e. The number of hydrogen-bond donors (Lipinski definition) is 2. The molecule has 2 aromatic heterocycles. The first-order valence-electron chi connectivity index (χ1n) is 9.83. The van der Waals surface area contributed by atoms with Crippen molar-refractivity contribution in [1.82, 2.24) is 15.3 Å². The van der Waals surface area contributed by atoms with Crippen molar-refractivity contribution in [3.05, 3.63) is 52.8 Å². The van der Waals surface area contributed by atoms with Gasteiger partial charge in [0.15, 0.2) is 5.78 Å². The van der Waals surface area contributed by atoms with E-state index < -0.39 is 0 Å². The van der Waals surface area contributed by atoms with Crippen molar-refractivity contribution in [1.29, 1.82) is 0 Å². The molecular weight excluding hydrogens is 334 g/mol. The van der Waals surface area contributed by atoms with Crippen molar-refractivity contribution in [2.45, 2.75) is 52.5 Å². The van der Waals surface area contributed by atoms with Crippen molar-refractivity contribution in [2.75, 3.05) is 6.54 Å². The number of aromatic nitrogens is 2. The molecule has 4 heteroatoms. The lowest BCUT2D eigenvalue weighted by molar-refractivity contribution is 0.0952. The Balaban J connectivity index is 1.86. The van der Waals surface area contributed by atoms with Crippen LogP contribution in [-0.4, -0.2) is 28.3 Å². The number of hydrogen-bond acceptors (Lipinski definition) is 3. The number of carbonyl (C=O) groups is 1. The van der Waals surface area contributed by atoms with Gasteiger partial charge in [0.05, 0.1) is 11.7 Å². The van der Waals surface area contributed by atoms with E-state index >= 15 is 0 Å². The molecule has 1 saturated heterocycles. The molecule has 3 heterocycles. The molecular formula is C23H27N3O. The fourth-order valence-corrected chi connectivity index (χ4v) is 4.28. The summed E-state index contributed by atoms with van der Waals surface area (Å²) >= 11 is 0. The quantitative estimate of drug-likeness (QED) is 0.650. The summed E-state index contributed by atoms with van der Waals surface area (Å²) in [6, 6.07) is 10.3. The van der Waals surface area contributed by atoms with Crippen LogP contribution >= 0.6 is 0 Å². The van der Waals surface area contributed by atoms with Gasteiger partial charge in [-0.05, 0) is 75.0 Å². The van der Waals surface area contributed by atoms with Crippen LogP contribution in [0.4, 0.5) is 0 Å². The predicted octanol–water partition coefficient (Wildman–Crippen LogP) is 4.90. The number of nitrogens with zero attached hydrogens (tertiary/aromatic N) is 1. The molecule has 3 aromatic rings. The minimum absolute atomic E-state index is 0.0335. The summed E-state index contributed by atoms with van der Waals surface area (Å²) in [6.45, 7) is 9.41. The Morgan fingerprint density at radius 3 is 2.52 bits per heavy atom. The molecule has 2 N–H and O–H groups in total. The molecule has 4 nitrogen and oxygen atoms in total. The number of pyridine rings is 1. The molecule has 0 aliphatic carbocycles. The average molecular weight is 361 g/mol. The van der Waals surface area contributed by atoms with Crippen LogP contribution in [0.25, 0.3) is 22.2 Å². The molecule has 0 spiro atoms. The molecule has 140 valence electrons. The first kappa shape index (κ1) is 17.9. The van der Waals surface area contributed by atoms with Gasteiger partial charge < -0.3 is 10.3 Å². The third-order valence-electron chi connectivity index (χ3n) is 5.45. The monoisotopic (exact) mass is 361 g/mol. The van der Waals surface area contributed by atoms with Gasteiger partial charge in [-0.3, -0.25) is 9.78 Å². The third-order valence-corrected chi connectivity index (χ3v) is 5.45. The lowest BCUT2D eigenvalue weighted by atomic mass is 9.94. The normalized spacial score (nSPS) is 17.1. The van der Waals surface area contributed by atoms with Crippen molar-refractivity contribution in [2.24, 2.45) is 0 Å². The van der Waals surface area contributed by atoms with E-state index in [1.807, 2.05) is 26.0 Å². The molecule has 1 atom stereocenters. The Morgan fingerprint density at radius 2 is 1.89 bits per heavy atom. The fraction of sp³-hybridized carbons (Fsp3) is 0.391. The number of nitrogens with one attached hydrogen (secondary N) is 2. The van der Waals surface area contributed by atoms with E-state index in [1.54, 1.807) is 0 Å². The smallest absolute Gasteiger partial charge is 0.179 e. The maximum Gasteiger partial charge on any atom is 0.179 e. The molecule has 0 radical (unpaired) electrons. The lowest BCUT2D eigenvalue weighted by Crippen LogP contribution is -2.30. The predicted molar refractivity (Wildman–Crippen MR) is 110 cm³/mol.